The van der Waals surface area contributed by atoms with Gasteiger partial charge in [-0.15, -0.1) is 0 Å². The van der Waals surface area contributed by atoms with Crippen molar-refractivity contribution in [2.45, 2.75) is 6.04 Å². The minimum absolute atomic E-state index is 0.325. The van der Waals surface area contributed by atoms with Crippen molar-refractivity contribution >= 4 is 5.91 Å². The Hall–Kier alpha value is -0.650. The molecule has 1 saturated heterocycles. The van der Waals surface area contributed by atoms with Gasteiger partial charge in [-0.3, -0.25) is 10.2 Å². The molecule has 0 aliphatic carbocycles. The maximum Gasteiger partial charge on any atom is 0.238 e. The molecule has 1 aliphatic heterocycles. The number of nitrogens with one attached hydrogen (secondary N) is 1. The van der Waals surface area contributed by atoms with E-state index in [-0.39, 0.29) is 11.9 Å². The van der Waals surface area contributed by atoms with Crippen molar-refractivity contribution in [3.8, 4) is 0 Å². The molecule has 3 N–H and O–H groups in total. The van der Waals surface area contributed by atoms with Crippen LogP contribution in [0.25, 0.3) is 0 Å². The molecule has 11 heavy (non-hydrogen) atoms. The van der Waals surface area contributed by atoms with Crippen LogP contribution in [0.5, 0.6) is 0 Å². The van der Waals surface area contributed by atoms with Gasteiger partial charge in [0.1, 0.15) is 6.04 Å². The Morgan fingerprint density at radius 1 is 1.82 bits per heavy atom. The summed E-state index contributed by atoms with van der Waals surface area (Å²) in [5.41, 5.74) is 8.02. The summed E-state index contributed by atoms with van der Waals surface area (Å²) in [6, 6.07) is -0.325. The van der Waals surface area contributed by atoms with Crippen molar-refractivity contribution in [3.63, 3.8) is 0 Å². The zero-order valence-electron chi connectivity index (χ0n) is 6.54. The molecule has 0 aromatic carbocycles. The number of ether oxygens (including phenoxy) is 1. The molecule has 0 radical (unpaired) electrons. The lowest BCUT2D eigenvalue weighted by Gasteiger charge is -2.32. The van der Waals surface area contributed by atoms with E-state index in [4.69, 9.17) is 10.5 Å². The lowest BCUT2D eigenvalue weighted by molar-refractivity contribution is -0.131. The number of hydrogen-bond donors (Lipinski definition) is 2. The summed E-state index contributed by atoms with van der Waals surface area (Å²) >= 11 is 0. The molecule has 1 atom stereocenters. The Bertz CT molecular complexity index is 151. The van der Waals surface area contributed by atoms with Crippen molar-refractivity contribution in [3.05, 3.63) is 0 Å². The van der Waals surface area contributed by atoms with Crippen molar-refractivity contribution < 1.29 is 9.53 Å². The van der Waals surface area contributed by atoms with E-state index < -0.39 is 0 Å². The number of primary amides is 1. The molecule has 1 unspecified atom stereocenters. The molecular weight excluding hydrogens is 146 g/mol. The molecule has 0 aromatic rings. The van der Waals surface area contributed by atoms with Gasteiger partial charge in [-0.1, -0.05) is 0 Å². The first-order valence-electron chi connectivity index (χ1n) is 3.57. The Balaban J connectivity index is 2.51. The third-order valence-electron chi connectivity index (χ3n) is 1.74. The summed E-state index contributed by atoms with van der Waals surface area (Å²) in [4.78, 5) is 10.8. The van der Waals surface area contributed by atoms with Crippen LogP contribution in [-0.2, 0) is 9.53 Å². The summed E-state index contributed by atoms with van der Waals surface area (Å²) in [5.74, 6) is -0.348. The van der Waals surface area contributed by atoms with Gasteiger partial charge in [0.05, 0.1) is 13.2 Å². The van der Waals surface area contributed by atoms with E-state index in [9.17, 15) is 4.79 Å². The highest BCUT2D eigenvalue weighted by molar-refractivity contribution is 5.80. The van der Waals surface area contributed by atoms with Gasteiger partial charge in [0, 0.05) is 6.54 Å². The molecule has 0 saturated carbocycles. The number of nitrogens with two attached hydrogens (primary N) is 1. The van der Waals surface area contributed by atoms with Crippen LogP contribution >= 0.6 is 0 Å². The fourth-order valence-electron chi connectivity index (χ4n) is 1.11. The first-order chi connectivity index (χ1) is 5.25. The van der Waals surface area contributed by atoms with Gasteiger partial charge in [-0.05, 0) is 7.05 Å². The summed E-state index contributed by atoms with van der Waals surface area (Å²) < 4.78 is 5.09. The van der Waals surface area contributed by atoms with Crippen LogP contribution in [-0.4, -0.2) is 43.8 Å². The number of carbonyl (C=O) groups excluding carboxylic acids is 1. The maximum atomic E-state index is 10.8. The molecule has 1 aliphatic rings. The third kappa shape index (κ3) is 1.89. The van der Waals surface area contributed by atoms with Crippen LogP contribution in [0.15, 0.2) is 0 Å². The minimum atomic E-state index is -0.348. The summed E-state index contributed by atoms with van der Waals surface area (Å²) in [5, 5.41) is 1.78. The molecule has 1 rings (SSSR count). The average molecular weight is 159 g/mol. The zero-order valence-corrected chi connectivity index (χ0v) is 6.54. The number of hydrazine groups is 1. The first kappa shape index (κ1) is 8.45. The van der Waals surface area contributed by atoms with E-state index in [0.717, 1.165) is 0 Å². The third-order valence-corrected chi connectivity index (χ3v) is 1.74. The van der Waals surface area contributed by atoms with Gasteiger partial charge < -0.3 is 10.5 Å². The van der Waals surface area contributed by atoms with Crippen molar-refractivity contribution in [1.82, 2.24) is 10.4 Å². The quantitative estimate of drug-likeness (QED) is 0.504. The largest absolute Gasteiger partial charge is 0.378 e. The molecule has 64 valence electrons. The highest BCUT2D eigenvalue weighted by Crippen LogP contribution is 2.01. The van der Waals surface area contributed by atoms with Crippen LogP contribution in [0, 0.1) is 0 Å². The van der Waals surface area contributed by atoms with E-state index in [2.05, 4.69) is 5.43 Å². The van der Waals surface area contributed by atoms with Crippen LogP contribution in [0.2, 0.25) is 0 Å². The molecule has 1 fully saturated rings. The second-order valence-electron chi connectivity index (χ2n) is 2.41. The van der Waals surface area contributed by atoms with Gasteiger partial charge in [0.25, 0.3) is 0 Å². The number of nitrogens with zero attached hydrogens (tertiary/aromatic N) is 1. The topological polar surface area (TPSA) is 67.6 Å². The van der Waals surface area contributed by atoms with Gasteiger partial charge >= 0.3 is 0 Å². The Morgan fingerprint density at radius 3 is 3.00 bits per heavy atom. The SMILES string of the molecule is CNN1CCOCC1C(N)=O. The lowest BCUT2D eigenvalue weighted by atomic mass is 10.2. The molecule has 0 bridgehead atoms. The molecule has 0 spiro atoms. The van der Waals surface area contributed by atoms with E-state index in [1.165, 1.54) is 0 Å². The fourth-order valence-corrected chi connectivity index (χ4v) is 1.11. The number of rotatable bonds is 2. The molecule has 0 aromatic heterocycles. The first-order valence-corrected chi connectivity index (χ1v) is 3.57. The Kier molecular flexibility index (Phi) is 2.81. The smallest absolute Gasteiger partial charge is 0.238 e. The number of carbonyl (C=O) groups is 1. The molecule has 5 heteroatoms. The predicted octanol–water partition coefficient (Wildman–Crippen LogP) is -1.69. The molecular formula is C6H13N3O2. The van der Waals surface area contributed by atoms with E-state index in [0.29, 0.717) is 19.8 Å². The normalized spacial score (nSPS) is 26.8. The zero-order chi connectivity index (χ0) is 8.27. The number of amides is 1. The molecule has 1 heterocycles. The van der Waals surface area contributed by atoms with E-state index in [1.807, 2.05) is 0 Å². The van der Waals surface area contributed by atoms with E-state index in [1.54, 1.807) is 12.1 Å². The molecule has 1 amide bonds. The second kappa shape index (κ2) is 3.66. The lowest BCUT2D eigenvalue weighted by Crippen LogP contribution is -2.56. The Labute approximate surface area is 65.5 Å². The number of morpholine rings is 1. The fraction of sp³-hybridized carbons (Fsp3) is 0.833. The average Bonchev–Trinajstić information content (AvgIpc) is 2.04. The van der Waals surface area contributed by atoms with Crippen molar-refractivity contribution in [2.24, 2.45) is 5.73 Å². The van der Waals surface area contributed by atoms with Gasteiger partial charge in [-0.2, -0.15) is 0 Å². The summed E-state index contributed by atoms with van der Waals surface area (Å²) in [7, 11) is 1.77. The molecule has 5 nitrogen and oxygen atoms in total. The van der Waals surface area contributed by atoms with Crippen molar-refractivity contribution in [2.75, 3.05) is 26.8 Å². The minimum Gasteiger partial charge on any atom is -0.378 e. The van der Waals surface area contributed by atoms with Gasteiger partial charge in [0.2, 0.25) is 5.91 Å². The van der Waals surface area contributed by atoms with Gasteiger partial charge in [-0.25, -0.2) is 5.01 Å². The van der Waals surface area contributed by atoms with Crippen molar-refractivity contribution in [1.29, 1.82) is 0 Å². The van der Waals surface area contributed by atoms with Crippen LogP contribution in [0.1, 0.15) is 0 Å². The van der Waals surface area contributed by atoms with Gasteiger partial charge in [0.15, 0.2) is 0 Å². The summed E-state index contributed by atoms with van der Waals surface area (Å²) in [6.07, 6.45) is 0. The van der Waals surface area contributed by atoms with Crippen LogP contribution in [0.4, 0.5) is 0 Å². The highest BCUT2D eigenvalue weighted by Gasteiger charge is 2.26. The Morgan fingerprint density at radius 2 is 2.55 bits per heavy atom. The maximum absolute atomic E-state index is 10.8. The standard InChI is InChI=1S/C6H13N3O2/c1-8-9-2-3-11-4-5(9)6(7)10/h5,8H,2-4H2,1H3,(H2,7,10). The van der Waals surface area contributed by atoms with E-state index >= 15 is 0 Å². The summed E-state index contributed by atoms with van der Waals surface area (Å²) in [6.45, 7) is 1.73. The van der Waals surface area contributed by atoms with Crippen LogP contribution < -0.4 is 11.2 Å². The number of hydrogen-bond acceptors (Lipinski definition) is 4. The second-order valence-corrected chi connectivity index (χ2v) is 2.41. The van der Waals surface area contributed by atoms with Crippen LogP contribution in [0.3, 0.4) is 0 Å². The highest BCUT2D eigenvalue weighted by atomic mass is 16.5. The predicted molar refractivity (Wildman–Crippen MR) is 39.6 cm³/mol. The monoisotopic (exact) mass is 159 g/mol.